The minimum absolute atomic E-state index is 0.0105. The van der Waals surface area contributed by atoms with Gasteiger partial charge in [-0.2, -0.15) is 0 Å². The molecule has 0 spiro atoms. The van der Waals surface area contributed by atoms with E-state index in [9.17, 15) is 14.2 Å². The highest BCUT2D eigenvalue weighted by Crippen LogP contribution is 2.36. The Kier molecular flexibility index (Phi) is 7.03. The Balaban J connectivity index is 2.13. The van der Waals surface area contributed by atoms with Crippen LogP contribution in [0.1, 0.15) is 48.5 Å². The van der Waals surface area contributed by atoms with Crippen molar-refractivity contribution in [3.8, 4) is 0 Å². The molecule has 0 aliphatic rings. The Morgan fingerprint density at radius 3 is 2.06 bits per heavy atom. The maximum absolute atomic E-state index is 13.4. The Morgan fingerprint density at radius 1 is 0.774 bits per heavy atom. The summed E-state index contributed by atoms with van der Waals surface area (Å²) in [6, 6.07) is 11.1. The van der Waals surface area contributed by atoms with Crippen LogP contribution in [0, 0.1) is 27.7 Å². The summed E-state index contributed by atoms with van der Waals surface area (Å²) in [4.78, 5) is 26.6. The minimum Gasteiger partial charge on any atom is -0.288 e. The first-order valence-electron chi connectivity index (χ1n) is 9.42. The van der Waals surface area contributed by atoms with Gasteiger partial charge in [0, 0.05) is 0 Å². The largest absolute Gasteiger partial charge is 0.459 e. The zero-order chi connectivity index (χ0) is 23.0. The third-order valence-electron chi connectivity index (χ3n) is 5.39. The van der Waals surface area contributed by atoms with Crippen LogP contribution in [0.4, 0.5) is 0 Å². The highest BCUT2D eigenvalue weighted by atomic mass is 35.5. The van der Waals surface area contributed by atoms with Crippen molar-refractivity contribution in [1.82, 2.24) is 0 Å². The summed E-state index contributed by atoms with van der Waals surface area (Å²) in [5.41, 5.74) is 3.58. The van der Waals surface area contributed by atoms with Crippen LogP contribution >= 0.6 is 42.6 Å². The number of carbonyl (C=O) groups excluding carboxylic acids is 2. The van der Waals surface area contributed by atoms with Crippen LogP contribution in [0.5, 0.6) is 0 Å². The van der Waals surface area contributed by atoms with E-state index in [1.54, 1.807) is 12.1 Å². The fourth-order valence-electron chi connectivity index (χ4n) is 3.54. The van der Waals surface area contributed by atoms with Crippen molar-refractivity contribution >= 4 is 59.2 Å². The van der Waals surface area contributed by atoms with Crippen molar-refractivity contribution in [2.24, 2.45) is 0 Å². The van der Waals surface area contributed by atoms with Crippen LogP contribution in [0.15, 0.2) is 42.5 Å². The number of hydrogen-bond acceptors (Lipinski definition) is 3. The van der Waals surface area contributed by atoms with Gasteiger partial charge in [-0.1, -0.05) is 57.6 Å². The molecule has 3 nitrogen and oxygen atoms in total. The third-order valence-corrected chi connectivity index (χ3v) is 7.93. The second-order valence-corrected chi connectivity index (χ2v) is 9.97. The van der Waals surface area contributed by atoms with Crippen molar-refractivity contribution in [2.45, 2.75) is 27.7 Å². The van der Waals surface area contributed by atoms with Gasteiger partial charge in [0.15, 0.2) is 0 Å². The van der Waals surface area contributed by atoms with Crippen LogP contribution in [-0.2, 0) is 4.57 Å². The molecule has 3 rings (SSSR count). The molecule has 0 bridgehead atoms. The first kappa shape index (κ1) is 23.6. The van der Waals surface area contributed by atoms with Gasteiger partial charge in [-0.15, -0.1) is 0 Å². The molecule has 0 amide bonds. The molecule has 3 aromatic rings. The predicted molar refractivity (Wildman–Crippen MR) is 128 cm³/mol. The van der Waals surface area contributed by atoms with E-state index in [2.05, 4.69) is 0 Å². The highest BCUT2D eigenvalue weighted by Gasteiger charge is 2.39. The SMILES string of the molecule is Cc1cc(C)c(C(=O)[P+](=O)c2ccccc2C(=O)c2c(Cl)ccc(Cl)c2Cl)c(C)c1C. The molecule has 0 N–H and O–H groups in total. The lowest BCUT2D eigenvalue weighted by Crippen LogP contribution is -2.17. The van der Waals surface area contributed by atoms with E-state index in [0.29, 0.717) is 5.56 Å². The van der Waals surface area contributed by atoms with Gasteiger partial charge in [-0.25, -0.2) is 4.79 Å². The van der Waals surface area contributed by atoms with E-state index < -0.39 is 19.1 Å². The molecule has 1 unspecified atom stereocenters. The van der Waals surface area contributed by atoms with E-state index in [-0.39, 0.29) is 31.5 Å². The fourth-order valence-corrected chi connectivity index (χ4v) is 5.62. The Morgan fingerprint density at radius 2 is 1.39 bits per heavy atom. The van der Waals surface area contributed by atoms with Gasteiger partial charge in [-0.05, 0) is 74.2 Å². The average molecular weight is 493 g/mol. The molecular weight excluding hydrogens is 474 g/mol. The molecule has 0 aromatic heterocycles. The first-order valence-corrected chi connectivity index (χ1v) is 11.8. The zero-order valence-corrected chi connectivity index (χ0v) is 20.5. The first-order chi connectivity index (χ1) is 14.6. The number of hydrogen-bond donors (Lipinski definition) is 0. The minimum atomic E-state index is -2.57. The van der Waals surface area contributed by atoms with E-state index in [4.69, 9.17) is 34.8 Å². The normalized spacial score (nSPS) is 11.4. The van der Waals surface area contributed by atoms with E-state index in [1.807, 2.05) is 33.8 Å². The summed E-state index contributed by atoms with van der Waals surface area (Å²) in [6.07, 6.45) is 0. The van der Waals surface area contributed by atoms with Crippen molar-refractivity contribution in [3.63, 3.8) is 0 Å². The molecule has 7 heteroatoms. The Labute approximate surface area is 197 Å². The van der Waals surface area contributed by atoms with Crippen LogP contribution in [0.2, 0.25) is 15.1 Å². The van der Waals surface area contributed by atoms with Crippen LogP contribution in [0.25, 0.3) is 0 Å². The quantitative estimate of drug-likeness (QED) is 0.212. The van der Waals surface area contributed by atoms with Gasteiger partial charge in [-0.3, -0.25) is 4.79 Å². The predicted octanol–water partition coefficient (Wildman–Crippen LogP) is 7.40. The van der Waals surface area contributed by atoms with E-state index in [1.165, 1.54) is 24.3 Å². The topological polar surface area (TPSA) is 51.2 Å². The smallest absolute Gasteiger partial charge is 0.288 e. The fraction of sp³-hybridized carbons (Fsp3) is 0.167. The van der Waals surface area contributed by atoms with Crippen molar-refractivity contribution in [3.05, 3.63) is 96.5 Å². The van der Waals surface area contributed by atoms with E-state index >= 15 is 0 Å². The summed E-state index contributed by atoms with van der Waals surface area (Å²) in [6.45, 7) is 7.55. The Bertz CT molecular complexity index is 1270. The molecule has 0 saturated carbocycles. The number of rotatable bonds is 5. The average Bonchev–Trinajstić information content (AvgIpc) is 2.74. The van der Waals surface area contributed by atoms with Gasteiger partial charge in [0.05, 0.1) is 31.8 Å². The third kappa shape index (κ3) is 4.33. The Hall–Kier alpha value is -2.03. The van der Waals surface area contributed by atoms with Gasteiger partial charge < -0.3 is 0 Å². The lowest BCUT2D eigenvalue weighted by molar-refractivity contribution is 0.103. The molecule has 0 fully saturated rings. The number of ketones is 1. The molecule has 0 aliphatic heterocycles. The van der Waals surface area contributed by atoms with Crippen LogP contribution in [-0.4, -0.2) is 11.3 Å². The number of benzene rings is 3. The molecule has 0 heterocycles. The molecule has 31 heavy (non-hydrogen) atoms. The van der Waals surface area contributed by atoms with Crippen molar-refractivity contribution in [2.75, 3.05) is 0 Å². The maximum atomic E-state index is 13.4. The number of aryl methyl sites for hydroxylation is 2. The summed E-state index contributed by atoms with van der Waals surface area (Å²) >= 11 is 18.5. The van der Waals surface area contributed by atoms with Gasteiger partial charge >= 0.3 is 13.3 Å². The molecule has 3 aromatic carbocycles. The highest BCUT2D eigenvalue weighted by molar-refractivity contribution is 7.71. The second kappa shape index (κ2) is 9.22. The molecule has 1 atom stereocenters. The van der Waals surface area contributed by atoms with Crippen LogP contribution < -0.4 is 5.30 Å². The summed E-state index contributed by atoms with van der Waals surface area (Å²) in [5, 5.41) is 0.443. The van der Waals surface area contributed by atoms with Gasteiger partial charge in [0.2, 0.25) is 11.1 Å². The summed E-state index contributed by atoms with van der Waals surface area (Å²) in [7, 11) is -2.57. The lowest BCUT2D eigenvalue weighted by Gasteiger charge is -2.11. The summed E-state index contributed by atoms with van der Waals surface area (Å²) < 4.78 is 13.4. The van der Waals surface area contributed by atoms with Gasteiger partial charge in [0.1, 0.15) is 0 Å². The van der Waals surface area contributed by atoms with E-state index in [0.717, 1.165) is 22.3 Å². The van der Waals surface area contributed by atoms with Crippen molar-refractivity contribution < 1.29 is 14.2 Å². The van der Waals surface area contributed by atoms with Crippen LogP contribution in [0.3, 0.4) is 0 Å². The van der Waals surface area contributed by atoms with Gasteiger partial charge in [0.25, 0.3) is 0 Å². The lowest BCUT2D eigenvalue weighted by atomic mass is 9.95. The zero-order valence-electron chi connectivity index (χ0n) is 17.3. The standard InChI is InChI=1S/C24H19Cl3O3P/c1-12-11-13(2)20(15(4)14(12)3)24(29)31(30)19-8-6-5-7-16(19)23(28)21-17(25)9-10-18(26)22(21)27/h5-11H,1-4H3/q+1. The summed E-state index contributed by atoms with van der Waals surface area (Å²) in [5.74, 6) is -0.544. The maximum Gasteiger partial charge on any atom is 0.459 e. The monoisotopic (exact) mass is 491 g/mol. The molecule has 158 valence electrons. The molecule has 0 aliphatic carbocycles. The molecule has 0 radical (unpaired) electrons. The number of halogens is 3. The van der Waals surface area contributed by atoms with Crippen molar-refractivity contribution in [1.29, 1.82) is 0 Å². The number of carbonyl (C=O) groups is 2. The second-order valence-electron chi connectivity index (χ2n) is 7.30. The molecular formula is C24H19Cl3O3P+. The molecule has 0 saturated heterocycles.